The Labute approximate surface area is 96.3 Å². The molecule has 0 radical (unpaired) electrons. The fraction of sp³-hybridized carbons (Fsp3) is 0.444. The summed E-state index contributed by atoms with van der Waals surface area (Å²) in [6.07, 6.45) is 1.55. The predicted molar refractivity (Wildman–Crippen MR) is 60.0 cm³/mol. The van der Waals surface area contributed by atoms with E-state index in [2.05, 4.69) is 25.9 Å². The van der Waals surface area contributed by atoms with Gasteiger partial charge in [0.05, 0.1) is 16.6 Å². The van der Waals surface area contributed by atoms with Crippen molar-refractivity contribution < 1.29 is 9.90 Å². The van der Waals surface area contributed by atoms with E-state index in [-0.39, 0.29) is 6.42 Å². The van der Waals surface area contributed by atoms with Gasteiger partial charge in [0.1, 0.15) is 12.1 Å². The first-order valence-corrected chi connectivity index (χ1v) is 5.21. The van der Waals surface area contributed by atoms with Gasteiger partial charge in [-0.15, -0.1) is 0 Å². The highest BCUT2D eigenvalue weighted by molar-refractivity contribution is 9.10. The van der Waals surface area contributed by atoms with Crippen LogP contribution in [0.2, 0.25) is 0 Å². The quantitative estimate of drug-likeness (QED) is 0.900. The molecule has 1 aromatic rings. The zero-order chi connectivity index (χ0) is 11.4. The number of carboxylic acids is 1. The van der Waals surface area contributed by atoms with E-state index in [9.17, 15) is 4.79 Å². The number of hydrogen-bond donors (Lipinski definition) is 1. The zero-order valence-electron chi connectivity index (χ0n) is 8.57. The SMILES string of the molecule is Cc1ncnc(N(C)CCC(=O)O)c1Br. The van der Waals surface area contributed by atoms with Gasteiger partial charge in [-0.25, -0.2) is 9.97 Å². The molecule has 0 saturated heterocycles. The van der Waals surface area contributed by atoms with E-state index in [1.165, 1.54) is 6.33 Å². The van der Waals surface area contributed by atoms with Crippen LogP contribution < -0.4 is 4.90 Å². The average molecular weight is 274 g/mol. The highest BCUT2D eigenvalue weighted by atomic mass is 79.9. The van der Waals surface area contributed by atoms with Crippen LogP contribution in [0, 0.1) is 6.92 Å². The Kier molecular flexibility index (Phi) is 4.02. The maximum atomic E-state index is 10.4. The maximum Gasteiger partial charge on any atom is 0.305 e. The fourth-order valence-electron chi connectivity index (χ4n) is 1.08. The zero-order valence-corrected chi connectivity index (χ0v) is 10.2. The van der Waals surface area contributed by atoms with Gasteiger partial charge in [-0.2, -0.15) is 0 Å². The van der Waals surface area contributed by atoms with E-state index in [1.54, 1.807) is 11.9 Å². The topological polar surface area (TPSA) is 66.3 Å². The highest BCUT2D eigenvalue weighted by Gasteiger charge is 2.10. The lowest BCUT2D eigenvalue weighted by molar-refractivity contribution is -0.136. The minimum Gasteiger partial charge on any atom is -0.481 e. The molecule has 82 valence electrons. The number of nitrogens with zero attached hydrogens (tertiary/aromatic N) is 3. The van der Waals surface area contributed by atoms with Crippen molar-refractivity contribution in [1.82, 2.24) is 9.97 Å². The minimum atomic E-state index is -0.816. The Morgan fingerprint density at radius 2 is 2.27 bits per heavy atom. The smallest absolute Gasteiger partial charge is 0.305 e. The Balaban J connectivity index is 2.77. The number of rotatable bonds is 4. The van der Waals surface area contributed by atoms with Crippen LogP contribution in [-0.4, -0.2) is 34.6 Å². The molecule has 0 amide bonds. The average Bonchev–Trinajstić information content (AvgIpc) is 2.18. The third-order valence-electron chi connectivity index (χ3n) is 1.97. The summed E-state index contributed by atoms with van der Waals surface area (Å²) in [5, 5.41) is 8.56. The molecule has 0 bridgehead atoms. The summed E-state index contributed by atoms with van der Waals surface area (Å²) in [7, 11) is 1.80. The van der Waals surface area contributed by atoms with Crippen molar-refractivity contribution in [2.75, 3.05) is 18.5 Å². The summed E-state index contributed by atoms with van der Waals surface area (Å²) in [5.74, 6) is -0.104. The van der Waals surface area contributed by atoms with E-state index in [0.29, 0.717) is 12.4 Å². The van der Waals surface area contributed by atoms with Crippen LogP contribution in [0.25, 0.3) is 0 Å². The predicted octanol–water partition coefficient (Wildman–Crippen LogP) is 1.46. The number of anilines is 1. The van der Waals surface area contributed by atoms with Gasteiger partial charge in [0.2, 0.25) is 0 Å². The Morgan fingerprint density at radius 1 is 1.60 bits per heavy atom. The summed E-state index contributed by atoms with van der Waals surface area (Å²) in [6, 6.07) is 0. The first-order chi connectivity index (χ1) is 7.02. The Hall–Kier alpha value is -1.17. The number of aryl methyl sites for hydroxylation is 1. The molecule has 1 aromatic heterocycles. The largest absolute Gasteiger partial charge is 0.481 e. The number of carbonyl (C=O) groups is 1. The molecule has 5 nitrogen and oxygen atoms in total. The molecule has 0 aliphatic rings. The molecule has 0 aliphatic heterocycles. The number of carboxylic acid groups (broad SMARTS) is 1. The van der Waals surface area contributed by atoms with Crippen LogP contribution in [0.4, 0.5) is 5.82 Å². The van der Waals surface area contributed by atoms with Crippen molar-refractivity contribution in [3.8, 4) is 0 Å². The summed E-state index contributed by atoms with van der Waals surface area (Å²) in [5.41, 5.74) is 0.835. The standard InChI is InChI=1S/C9H12BrN3O2/c1-6-8(10)9(12-5-11-6)13(2)4-3-7(14)15/h5H,3-4H2,1-2H3,(H,14,15). The van der Waals surface area contributed by atoms with Crippen molar-refractivity contribution in [1.29, 1.82) is 0 Å². The molecule has 0 fully saturated rings. The Bertz CT molecular complexity index is 370. The highest BCUT2D eigenvalue weighted by Crippen LogP contribution is 2.24. The van der Waals surface area contributed by atoms with E-state index in [0.717, 1.165) is 10.2 Å². The van der Waals surface area contributed by atoms with Gasteiger partial charge in [0.15, 0.2) is 0 Å². The second-order valence-electron chi connectivity index (χ2n) is 3.16. The minimum absolute atomic E-state index is 0.0893. The van der Waals surface area contributed by atoms with Crippen LogP contribution in [0.1, 0.15) is 12.1 Å². The van der Waals surface area contributed by atoms with Crippen LogP contribution in [-0.2, 0) is 4.79 Å². The van der Waals surface area contributed by atoms with E-state index >= 15 is 0 Å². The monoisotopic (exact) mass is 273 g/mol. The van der Waals surface area contributed by atoms with E-state index in [4.69, 9.17) is 5.11 Å². The summed E-state index contributed by atoms with van der Waals surface area (Å²) in [6.45, 7) is 2.28. The number of hydrogen-bond acceptors (Lipinski definition) is 4. The first kappa shape index (κ1) is 11.9. The molecule has 6 heteroatoms. The van der Waals surface area contributed by atoms with Crippen LogP contribution in [0.15, 0.2) is 10.8 Å². The summed E-state index contributed by atoms with van der Waals surface area (Å²) in [4.78, 5) is 20.3. The lowest BCUT2D eigenvalue weighted by atomic mass is 10.3. The molecule has 1 heterocycles. The van der Waals surface area contributed by atoms with E-state index < -0.39 is 5.97 Å². The molecule has 0 aliphatic carbocycles. The van der Waals surface area contributed by atoms with Crippen molar-refractivity contribution in [2.24, 2.45) is 0 Å². The fourth-order valence-corrected chi connectivity index (χ4v) is 1.59. The van der Waals surface area contributed by atoms with Gasteiger partial charge in [-0.3, -0.25) is 4.79 Å². The van der Waals surface area contributed by atoms with Crippen LogP contribution >= 0.6 is 15.9 Å². The first-order valence-electron chi connectivity index (χ1n) is 4.42. The third kappa shape index (κ3) is 3.16. The lowest BCUT2D eigenvalue weighted by Crippen LogP contribution is -2.22. The number of aliphatic carboxylic acids is 1. The summed E-state index contributed by atoms with van der Waals surface area (Å²) < 4.78 is 0.804. The maximum absolute atomic E-state index is 10.4. The molecule has 1 rings (SSSR count). The summed E-state index contributed by atoms with van der Waals surface area (Å²) >= 11 is 3.37. The van der Waals surface area contributed by atoms with Crippen molar-refractivity contribution >= 4 is 27.7 Å². The van der Waals surface area contributed by atoms with Gasteiger partial charge in [-0.05, 0) is 22.9 Å². The number of aromatic nitrogens is 2. The molecule has 15 heavy (non-hydrogen) atoms. The van der Waals surface area contributed by atoms with Crippen molar-refractivity contribution in [3.63, 3.8) is 0 Å². The second-order valence-corrected chi connectivity index (χ2v) is 3.95. The molecule has 0 spiro atoms. The van der Waals surface area contributed by atoms with E-state index in [1.807, 2.05) is 6.92 Å². The molecule has 0 saturated carbocycles. The molecule has 0 atom stereocenters. The van der Waals surface area contributed by atoms with Gasteiger partial charge in [0, 0.05) is 13.6 Å². The lowest BCUT2D eigenvalue weighted by Gasteiger charge is -2.18. The number of halogens is 1. The van der Waals surface area contributed by atoms with Crippen LogP contribution in [0.5, 0.6) is 0 Å². The van der Waals surface area contributed by atoms with Gasteiger partial charge in [-0.1, -0.05) is 0 Å². The molecule has 0 unspecified atom stereocenters. The molecule has 0 aromatic carbocycles. The van der Waals surface area contributed by atoms with Crippen LogP contribution in [0.3, 0.4) is 0 Å². The van der Waals surface area contributed by atoms with Crippen molar-refractivity contribution in [3.05, 3.63) is 16.5 Å². The van der Waals surface area contributed by atoms with Gasteiger partial charge in [0.25, 0.3) is 0 Å². The third-order valence-corrected chi connectivity index (χ3v) is 2.90. The van der Waals surface area contributed by atoms with Crippen molar-refractivity contribution in [2.45, 2.75) is 13.3 Å². The molecule has 1 N–H and O–H groups in total. The molecular formula is C9H12BrN3O2. The van der Waals surface area contributed by atoms with Gasteiger partial charge < -0.3 is 10.0 Å². The van der Waals surface area contributed by atoms with Gasteiger partial charge >= 0.3 is 5.97 Å². The second kappa shape index (κ2) is 5.06. The normalized spacial score (nSPS) is 10.1. The molecular weight excluding hydrogens is 262 g/mol. The Morgan fingerprint density at radius 3 is 2.87 bits per heavy atom.